The van der Waals surface area contributed by atoms with Gasteiger partial charge >= 0.3 is 0 Å². The van der Waals surface area contributed by atoms with Gasteiger partial charge in [-0.2, -0.15) is 5.10 Å². The molecule has 34 heavy (non-hydrogen) atoms. The molecule has 0 unspecified atom stereocenters. The molecule has 9 heteroatoms. The van der Waals surface area contributed by atoms with Gasteiger partial charge in [-0.15, -0.1) is 10.2 Å². The molecule has 0 bridgehead atoms. The number of hydrogen-bond acceptors (Lipinski definition) is 7. The minimum Gasteiger partial charge on any atom is -0.486 e. The van der Waals surface area contributed by atoms with Crippen LogP contribution in [0.1, 0.15) is 27.3 Å². The quantitative estimate of drug-likeness (QED) is 0.460. The molecule has 0 radical (unpaired) electrons. The molecule has 0 aliphatic carbocycles. The van der Waals surface area contributed by atoms with Crippen molar-refractivity contribution in [3.63, 3.8) is 0 Å². The molecule has 1 amide bonds. The van der Waals surface area contributed by atoms with Crippen LogP contribution < -0.4 is 20.1 Å². The number of carbonyl (C=O) groups is 1. The van der Waals surface area contributed by atoms with Crippen molar-refractivity contribution in [2.24, 2.45) is 0 Å². The Kier molecular flexibility index (Phi) is 5.59. The Hall–Kier alpha value is -4.40. The summed E-state index contributed by atoms with van der Waals surface area (Å²) in [5, 5.41) is 19.2. The first kappa shape index (κ1) is 21.4. The standard InChI is InChI=1S/C25H24N6O3/c1-15-16(2)30-31(17(15)3)23-12-11-22(28-29-23)26-18-7-9-19(10-8-18)27-25(32)20-5-4-6-21-24(20)34-14-13-33-21/h4-12H,13-14H2,1-3H3,(H,26,28)(H,27,32). The Labute approximate surface area is 196 Å². The number of aryl methyl sites for hydroxylation is 1. The number of ether oxygens (including phenoxy) is 2. The van der Waals surface area contributed by atoms with E-state index in [4.69, 9.17) is 9.47 Å². The van der Waals surface area contributed by atoms with Crippen molar-refractivity contribution < 1.29 is 14.3 Å². The van der Waals surface area contributed by atoms with E-state index in [2.05, 4.69) is 25.9 Å². The monoisotopic (exact) mass is 456 g/mol. The van der Waals surface area contributed by atoms with Crippen LogP contribution in [0.15, 0.2) is 54.6 Å². The fourth-order valence-corrected chi connectivity index (χ4v) is 3.68. The number of amides is 1. The Morgan fingerprint density at radius 1 is 0.912 bits per heavy atom. The number of carbonyl (C=O) groups excluding carboxylic acids is 1. The van der Waals surface area contributed by atoms with Gasteiger partial charge in [0.25, 0.3) is 5.91 Å². The van der Waals surface area contributed by atoms with Crippen LogP contribution in [0.3, 0.4) is 0 Å². The first-order valence-corrected chi connectivity index (χ1v) is 10.9. The SMILES string of the molecule is Cc1nn(-c2ccc(Nc3ccc(NC(=O)c4cccc5c4OCCO5)cc3)nn2)c(C)c1C. The van der Waals surface area contributed by atoms with E-state index in [0.29, 0.717) is 47.6 Å². The lowest BCUT2D eigenvalue weighted by Crippen LogP contribution is -2.20. The van der Waals surface area contributed by atoms with Gasteiger partial charge in [-0.25, -0.2) is 4.68 Å². The lowest BCUT2D eigenvalue weighted by Gasteiger charge is -2.20. The van der Waals surface area contributed by atoms with Crippen LogP contribution in [0.25, 0.3) is 5.82 Å². The van der Waals surface area contributed by atoms with Gasteiger partial charge in [0.15, 0.2) is 23.1 Å². The van der Waals surface area contributed by atoms with Gasteiger partial charge in [-0.1, -0.05) is 6.07 Å². The van der Waals surface area contributed by atoms with Crippen LogP contribution in [-0.4, -0.2) is 39.1 Å². The maximum Gasteiger partial charge on any atom is 0.259 e. The van der Waals surface area contributed by atoms with Crippen LogP contribution in [0, 0.1) is 20.8 Å². The highest BCUT2D eigenvalue weighted by molar-refractivity contribution is 6.06. The van der Waals surface area contributed by atoms with Gasteiger partial charge in [0.2, 0.25) is 0 Å². The van der Waals surface area contributed by atoms with E-state index in [1.165, 1.54) is 0 Å². The van der Waals surface area contributed by atoms with Crippen LogP contribution in [-0.2, 0) is 0 Å². The van der Waals surface area contributed by atoms with Gasteiger partial charge in [-0.05, 0) is 74.9 Å². The molecule has 2 aromatic carbocycles. The second-order valence-electron chi connectivity index (χ2n) is 7.97. The summed E-state index contributed by atoms with van der Waals surface area (Å²) in [7, 11) is 0. The molecule has 0 saturated heterocycles. The fourth-order valence-electron chi connectivity index (χ4n) is 3.68. The number of anilines is 3. The molecule has 1 aliphatic heterocycles. The predicted octanol–water partition coefficient (Wildman–Crippen LogP) is 4.35. The Balaban J connectivity index is 1.25. The molecule has 2 N–H and O–H groups in total. The first-order chi connectivity index (χ1) is 16.5. The van der Waals surface area contributed by atoms with Crippen molar-refractivity contribution in [2.45, 2.75) is 20.8 Å². The molecule has 2 aromatic heterocycles. The van der Waals surface area contributed by atoms with E-state index in [9.17, 15) is 4.79 Å². The van der Waals surface area contributed by atoms with Crippen molar-refractivity contribution in [3.8, 4) is 17.3 Å². The fraction of sp³-hybridized carbons (Fsp3) is 0.200. The van der Waals surface area contributed by atoms with Crippen molar-refractivity contribution >= 4 is 23.1 Å². The minimum atomic E-state index is -0.260. The molecule has 5 rings (SSSR count). The average molecular weight is 457 g/mol. The summed E-state index contributed by atoms with van der Waals surface area (Å²) in [6.07, 6.45) is 0. The van der Waals surface area contributed by atoms with Crippen molar-refractivity contribution in [3.05, 3.63) is 77.1 Å². The third-order valence-corrected chi connectivity index (χ3v) is 5.75. The Morgan fingerprint density at radius 2 is 1.68 bits per heavy atom. The summed E-state index contributed by atoms with van der Waals surface area (Å²) in [4.78, 5) is 12.8. The molecule has 0 atom stereocenters. The average Bonchev–Trinajstić information content (AvgIpc) is 3.12. The molecule has 0 fully saturated rings. The van der Waals surface area contributed by atoms with E-state index in [-0.39, 0.29) is 5.91 Å². The summed E-state index contributed by atoms with van der Waals surface area (Å²) in [6.45, 7) is 6.92. The topological polar surface area (TPSA) is 103 Å². The van der Waals surface area contributed by atoms with Crippen molar-refractivity contribution in [1.82, 2.24) is 20.0 Å². The van der Waals surface area contributed by atoms with Crippen molar-refractivity contribution in [1.29, 1.82) is 0 Å². The number of benzene rings is 2. The highest BCUT2D eigenvalue weighted by Gasteiger charge is 2.20. The molecular formula is C25H24N6O3. The number of hydrogen-bond donors (Lipinski definition) is 2. The zero-order valence-electron chi connectivity index (χ0n) is 19.1. The maximum absolute atomic E-state index is 12.8. The molecule has 4 aromatic rings. The van der Waals surface area contributed by atoms with E-state index in [0.717, 1.165) is 22.6 Å². The number of nitrogens with one attached hydrogen (secondary N) is 2. The summed E-state index contributed by atoms with van der Waals surface area (Å²) in [5.41, 5.74) is 5.07. The van der Waals surface area contributed by atoms with Gasteiger partial charge in [0.1, 0.15) is 13.2 Å². The third kappa shape index (κ3) is 4.15. The number of aromatic nitrogens is 4. The smallest absolute Gasteiger partial charge is 0.259 e. The van der Waals surface area contributed by atoms with E-state index >= 15 is 0 Å². The number of rotatable bonds is 5. The highest BCUT2D eigenvalue weighted by Crippen LogP contribution is 2.34. The largest absolute Gasteiger partial charge is 0.486 e. The second-order valence-corrected chi connectivity index (χ2v) is 7.97. The number of nitrogens with zero attached hydrogens (tertiary/aromatic N) is 4. The van der Waals surface area contributed by atoms with E-state index in [1.54, 1.807) is 22.9 Å². The van der Waals surface area contributed by atoms with Gasteiger partial charge in [0.05, 0.1) is 11.3 Å². The summed E-state index contributed by atoms with van der Waals surface area (Å²) in [5.74, 6) is 2.06. The Morgan fingerprint density at radius 3 is 2.38 bits per heavy atom. The lowest BCUT2D eigenvalue weighted by atomic mass is 10.1. The number of para-hydroxylation sites is 1. The molecule has 3 heterocycles. The lowest BCUT2D eigenvalue weighted by molar-refractivity contribution is 0.101. The minimum absolute atomic E-state index is 0.260. The van der Waals surface area contributed by atoms with E-state index < -0.39 is 0 Å². The summed E-state index contributed by atoms with van der Waals surface area (Å²) >= 11 is 0. The predicted molar refractivity (Wildman–Crippen MR) is 128 cm³/mol. The molecule has 9 nitrogen and oxygen atoms in total. The molecule has 0 spiro atoms. The summed E-state index contributed by atoms with van der Waals surface area (Å²) in [6, 6.07) is 16.3. The normalized spacial score (nSPS) is 12.3. The molecule has 172 valence electrons. The van der Waals surface area contributed by atoms with Crippen LogP contribution >= 0.6 is 0 Å². The second kappa shape index (κ2) is 8.86. The number of fused-ring (bicyclic) bond motifs is 1. The van der Waals surface area contributed by atoms with Gasteiger partial charge in [-0.3, -0.25) is 4.79 Å². The van der Waals surface area contributed by atoms with Crippen LogP contribution in [0.4, 0.5) is 17.2 Å². The Bertz CT molecular complexity index is 1350. The van der Waals surface area contributed by atoms with E-state index in [1.807, 2.05) is 57.2 Å². The highest BCUT2D eigenvalue weighted by atomic mass is 16.6. The zero-order chi connectivity index (χ0) is 23.7. The molecular weight excluding hydrogens is 432 g/mol. The summed E-state index contributed by atoms with van der Waals surface area (Å²) < 4.78 is 13.0. The van der Waals surface area contributed by atoms with Crippen LogP contribution in [0.2, 0.25) is 0 Å². The third-order valence-electron chi connectivity index (χ3n) is 5.75. The first-order valence-electron chi connectivity index (χ1n) is 10.9. The zero-order valence-corrected chi connectivity index (χ0v) is 19.1. The van der Waals surface area contributed by atoms with Gasteiger partial charge in [0, 0.05) is 17.1 Å². The molecule has 1 aliphatic rings. The van der Waals surface area contributed by atoms with Gasteiger partial charge < -0.3 is 20.1 Å². The van der Waals surface area contributed by atoms with Crippen LogP contribution in [0.5, 0.6) is 11.5 Å². The maximum atomic E-state index is 12.8. The molecule has 0 saturated carbocycles. The van der Waals surface area contributed by atoms with Crippen molar-refractivity contribution in [2.75, 3.05) is 23.8 Å².